The van der Waals surface area contributed by atoms with Gasteiger partial charge in [-0.1, -0.05) is 11.6 Å². The maximum absolute atomic E-state index is 13.2. The van der Waals surface area contributed by atoms with Crippen LogP contribution in [-0.4, -0.2) is 50.6 Å². The fraction of sp³-hybridized carbons (Fsp3) is 0.600. The predicted molar refractivity (Wildman–Crippen MR) is 108 cm³/mol. The molecular formula is C20H22ClF3N2O5S. The molecule has 0 bridgehead atoms. The number of hydrogen-bond acceptors (Lipinski definition) is 6. The van der Waals surface area contributed by atoms with E-state index in [9.17, 15) is 31.6 Å². The number of ether oxygens (including phenoxy) is 2. The molecule has 12 heteroatoms. The Hall–Kier alpha value is -2.03. The molecule has 0 spiro atoms. The average Bonchev–Trinajstić information content (AvgIpc) is 3.33. The summed E-state index contributed by atoms with van der Waals surface area (Å²) in [4.78, 5) is 12.4. The summed E-state index contributed by atoms with van der Waals surface area (Å²) in [5.41, 5.74) is -0.890. The van der Waals surface area contributed by atoms with Gasteiger partial charge in [0, 0.05) is 13.2 Å². The van der Waals surface area contributed by atoms with E-state index in [1.165, 1.54) is 7.11 Å². The number of hydrogen-bond donors (Lipinski definition) is 1. The van der Waals surface area contributed by atoms with Gasteiger partial charge in [0.15, 0.2) is 15.9 Å². The van der Waals surface area contributed by atoms with E-state index in [4.69, 9.17) is 21.1 Å². The summed E-state index contributed by atoms with van der Waals surface area (Å²) in [5.74, 6) is -1.42. The summed E-state index contributed by atoms with van der Waals surface area (Å²) in [7, 11) is -2.65. The molecule has 0 radical (unpaired) electrons. The third-order valence-corrected chi connectivity index (χ3v) is 8.51. The lowest BCUT2D eigenvalue weighted by Crippen LogP contribution is -2.42. The molecular weight excluding hydrogens is 473 g/mol. The van der Waals surface area contributed by atoms with Crippen molar-refractivity contribution < 1.29 is 35.9 Å². The average molecular weight is 495 g/mol. The number of amides is 1. The monoisotopic (exact) mass is 494 g/mol. The minimum absolute atomic E-state index is 0.0339. The van der Waals surface area contributed by atoms with Gasteiger partial charge in [-0.25, -0.2) is 8.42 Å². The maximum Gasteiger partial charge on any atom is 0.425 e. The maximum atomic E-state index is 13.2. The van der Waals surface area contributed by atoms with Gasteiger partial charge in [0.1, 0.15) is 11.3 Å². The summed E-state index contributed by atoms with van der Waals surface area (Å²) in [6, 6.07) is 5.28. The highest BCUT2D eigenvalue weighted by Crippen LogP contribution is 2.40. The molecule has 32 heavy (non-hydrogen) atoms. The Labute approximate surface area is 188 Å². The largest absolute Gasteiger partial charge is 0.481 e. The Balaban J connectivity index is 1.77. The number of rotatable bonds is 7. The summed E-state index contributed by atoms with van der Waals surface area (Å²) in [6.45, 7) is 0.825. The Morgan fingerprint density at radius 1 is 1.34 bits per heavy atom. The first kappa shape index (κ1) is 24.6. The minimum Gasteiger partial charge on any atom is -0.481 e. The van der Waals surface area contributed by atoms with Crippen molar-refractivity contribution in [1.29, 1.82) is 5.26 Å². The fourth-order valence-electron chi connectivity index (χ4n) is 3.70. The number of sulfone groups is 1. The molecule has 1 amide bonds. The molecule has 0 heterocycles. The van der Waals surface area contributed by atoms with Crippen LogP contribution < -0.4 is 10.1 Å². The third kappa shape index (κ3) is 4.97. The number of carbonyl (C=O) groups excluding carboxylic acids is 1. The molecule has 2 aliphatic rings. The van der Waals surface area contributed by atoms with Crippen LogP contribution in [0.25, 0.3) is 0 Å². The molecule has 1 unspecified atom stereocenters. The molecule has 2 aliphatic carbocycles. The number of methoxy groups -OCH3 is 1. The molecule has 3 rings (SSSR count). The second-order valence-electron chi connectivity index (χ2n) is 8.10. The first-order valence-corrected chi connectivity index (χ1v) is 11.8. The van der Waals surface area contributed by atoms with Crippen molar-refractivity contribution >= 4 is 27.3 Å². The zero-order valence-electron chi connectivity index (χ0n) is 17.3. The summed E-state index contributed by atoms with van der Waals surface area (Å²) >= 11 is 6.09. The number of halogens is 4. The molecule has 4 atom stereocenters. The van der Waals surface area contributed by atoms with Crippen LogP contribution >= 0.6 is 11.6 Å². The first-order chi connectivity index (χ1) is 14.8. The van der Waals surface area contributed by atoms with Crippen LogP contribution in [0.2, 0.25) is 5.02 Å². The Morgan fingerprint density at radius 2 is 2.00 bits per heavy atom. The van der Waals surface area contributed by atoms with Gasteiger partial charge >= 0.3 is 6.18 Å². The molecule has 1 aromatic rings. The lowest BCUT2D eigenvalue weighted by atomic mass is 10.0. The van der Waals surface area contributed by atoms with E-state index < -0.39 is 50.8 Å². The van der Waals surface area contributed by atoms with Crippen LogP contribution in [0.3, 0.4) is 0 Å². The van der Waals surface area contributed by atoms with Gasteiger partial charge in [0.25, 0.3) is 0 Å². The quantitative estimate of drug-likeness (QED) is 0.622. The molecule has 0 aliphatic heterocycles. The van der Waals surface area contributed by atoms with Gasteiger partial charge in [0.05, 0.1) is 33.3 Å². The summed E-state index contributed by atoms with van der Waals surface area (Å²) in [6.07, 6.45) is -6.27. The standard InChI is InChI=1S/C20H22ClF3N2O5S/c1-11(20(22,23)24)31-12-3-4-17(15(21)7-12)32(28,29)13-8-14(16(9-13)30-2)18(27)26-19(10-25)5-6-19/h3-4,7,11,13-14,16H,5-6,8-9H2,1-2H3,(H,26,27)/t11?,13-,14-,16-/m1/s1. The second kappa shape index (κ2) is 8.72. The lowest BCUT2D eigenvalue weighted by Gasteiger charge is -2.19. The van der Waals surface area contributed by atoms with Crippen molar-refractivity contribution in [2.45, 2.75) is 66.7 Å². The molecule has 176 valence electrons. The highest BCUT2D eigenvalue weighted by atomic mass is 35.5. The normalized spacial score (nSPS) is 25.6. The zero-order valence-corrected chi connectivity index (χ0v) is 18.9. The Bertz CT molecular complexity index is 1040. The molecule has 7 nitrogen and oxygen atoms in total. The van der Waals surface area contributed by atoms with E-state index in [-0.39, 0.29) is 28.5 Å². The van der Waals surface area contributed by atoms with Gasteiger partial charge in [-0.15, -0.1) is 0 Å². The van der Waals surface area contributed by atoms with Crippen LogP contribution in [0, 0.1) is 17.2 Å². The number of carbonyl (C=O) groups is 1. The van der Waals surface area contributed by atoms with Gasteiger partial charge < -0.3 is 14.8 Å². The van der Waals surface area contributed by atoms with E-state index in [1.54, 1.807) is 0 Å². The van der Waals surface area contributed by atoms with Crippen molar-refractivity contribution in [3.8, 4) is 11.8 Å². The van der Waals surface area contributed by atoms with Crippen LogP contribution in [0.1, 0.15) is 32.6 Å². The van der Waals surface area contributed by atoms with Crippen molar-refractivity contribution in [3.05, 3.63) is 23.2 Å². The van der Waals surface area contributed by atoms with Crippen molar-refractivity contribution in [3.63, 3.8) is 0 Å². The number of nitriles is 1. The highest BCUT2D eigenvalue weighted by molar-refractivity contribution is 7.92. The van der Waals surface area contributed by atoms with Crippen LogP contribution in [-0.2, 0) is 19.4 Å². The van der Waals surface area contributed by atoms with E-state index >= 15 is 0 Å². The van der Waals surface area contributed by atoms with Crippen LogP contribution in [0.15, 0.2) is 23.1 Å². The van der Waals surface area contributed by atoms with Gasteiger partial charge in [-0.3, -0.25) is 4.79 Å². The van der Waals surface area contributed by atoms with Crippen molar-refractivity contribution in [1.82, 2.24) is 5.32 Å². The van der Waals surface area contributed by atoms with Gasteiger partial charge in [0.2, 0.25) is 5.91 Å². The number of benzene rings is 1. The van der Waals surface area contributed by atoms with E-state index in [0.717, 1.165) is 25.1 Å². The second-order valence-corrected chi connectivity index (χ2v) is 10.7. The van der Waals surface area contributed by atoms with Crippen molar-refractivity contribution in [2.75, 3.05) is 7.11 Å². The molecule has 0 saturated heterocycles. The van der Waals surface area contributed by atoms with E-state index in [2.05, 4.69) is 11.4 Å². The topological polar surface area (TPSA) is 105 Å². The van der Waals surface area contributed by atoms with Gasteiger partial charge in [-0.05, 0) is 44.7 Å². The van der Waals surface area contributed by atoms with Crippen LogP contribution in [0.4, 0.5) is 13.2 Å². The van der Waals surface area contributed by atoms with Crippen molar-refractivity contribution in [2.24, 2.45) is 5.92 Å². The first-order valence-electron chi connectivity index (χ1n) is 9.86. The van der Waals surface area contributed by atoms with E-state index in [1.807, 2.05) is 0 Å². The minimum atomic E-state index is -4.59. The third-order valence-electron chi connectivity index (χ3n) is 5.85. The molecule has 1 aromatic carbocycles. The molecule has 2 saturated carbocycles. The van der Waals surface area contributed by atoms with Crippen LogP contribution in [0.5, 0.6) is 5.75 Å². The zero-order chi connectivity index (χ0) is 23.9. The van der Waals surface area contributed by atoms with E-state index in [0.29, 0.717) is 12.8 Å². The number of nitrogens with zero attached hydrogens (tertiary/aromatic N) is 1. The Morgan fingerprint density at radius 3 is 2.50 bits per heavy atom. The van der Waals surface area contributed by atoms with Gasteiger partial charge in [-0.2, -0.15) is 18.4 Å². The number of alkyl halides is 3. The Kier molecular flexibility index (Phi) is 6.71. The predicted octanol–water partition coefficient (Wildman–Crippen LogP) is 3.41. The SMILES string of the molecule is CO[C@@H]1C[C@H](S(=O)(=O)c2ccc(OC(C)C(F)(F)F)cc2Cl)C[C@H]1C(=O)NC1(C#N)CC1. The number of nitrogens with one attached hydrogen (secondary N) is 1. The summed E-state index contributed by atoms with van der Waals surface area (Å²) in [5, 5.41) is 10.6. The highest BCUT2D eigenvalue weighted by Gasteiger charge is 2.50. The molecule has 2 fully saturated rings. The smallest absolute Gasteiger partial charge is 0.425 e. The molecule has 1 N–H and O–H groups in total. The summed E-state index contributed by atoms with van der Waals surface area (Å²) < 4.78 is 74.6. The lowest BCUT2D eigenvalue weighted by molar-refractivity contribution is -0.189. The molecule has 0 aromatic heterocycles. The fourth-order valence-corrected chi connectivity index (χ4v) is 6.04.